The number of quaternary nitrogens is 1. The van der Waals surface area contributed by atoms with Crippen molar-refractivity contribution < 1.29 is 28.8 Å². The highest BCUT2D eigenvalue weighted by atomic mass is 35.5. The number of benzene rings is 1. The quantitative estimate of drug-likeness (QED) is 0.433. The van der Waals surface area contributed by atoms with Crippen molar-refractivity contribution >= 4 is 29.4 Å². The van der Waals surface area contributed by atoms with Crippen LogP contribution in [0.3, 0.4) is 0 Å². The minimum atomic E-state index is -0.476. The zero-order valence-corrected chi connectivity index (χ0v) is 16.0. The van der Waals surface area contributed by atoms with Gasteiger partial charge in [-0.25, -0.2) is 0 Å². The van der Waals surface area contributed by atoms with E-state index in [4.69, 9.17) is 21.1 Å². The largest absolute Gasteiger partial charge is 0.484 e. The SMILES string of the molecule is CCOC(=O)[C@@H]1CCC[NH+](CC(=O)NNC(=O)COc2ccc(Cl)cc2)C1. The van der Waals surface area contributed by atoms with E-state index in [0.717, 1.165) is 24.3 Å². The molecule has 1 fully saturated rings. The Morgan fingerprint density at radius 3 is 2.59 bits per heavy atom. The van der Waals surface area contributed by atoms with Gasteiger partial charge >= 0.3 is 5.97 Å². The highest BCUT2D eigenvalue weighted by Gasteiger charge is 2.30. The molecular weight excluding hydrogens is 374 g/mol. The van der Waals surface area contributed by atoms with Gasteiger partial charge in [-0.15, -0.1) is 0 Å². The summed E-state index contributed by atoms with van der Waals surface area (Å²) in [6, 6.07) is 6.60. The highest BCUT2D eigenvalue weighted by molar-refractivity contribution is 6.30. The second kappa shape index (κ2) is 10.7. The van der Waals surface area contributed by atoms with E-state index in [2.05, 4.69) is 10.9 Å². The standard InChI is InChI=1S/C18H24ClN3O5/c1-2-26-18(25)13-4-3-9-22(10-13)11-16(23)20-21-17(24)12-27-15-7-5-14(19)6-8-15/h5-8,13H,2-4,9-12H2,1H3,(H,20,23)(H,21,24)/p+1/t13-/m1/s1. The first kappa shape index (κ1) is 21.0. The summed E-state index contributed by atoms with van der Waals surface area (Å²) in [5.74, 6) is -0.680. The first-order chi connectivity index (χ1) is 13.0. The fraction of sp³-hybridized carbons (Fsp3) is 0.500. The van der Waals surface area contributed by atoms with Crippen LogP contribution in [0.1, 0.15) is 19.8 Å². The molecular formula is C18H25ClN3O5+. The molecule has 1 aliphatic rings. The van der Waals surface area contributed by atoms with Crippen LogP contribution in [-0.4, -0.2) is 50.6 Å². The Hall–Kier alpha value is -2.32. The van der Waals surface area contributed by atoms with Crippen LogP contribution in [-0.2, 0) is 19.1 Å². The van der Waals surface area contributed by atoms with E-state index >= 15 is 0 Å². The number of hydrazine groups is 1. The molecule has 2 rings (SSSR count). The van der Waals surface area contributed by atoms with Gasteiger partial charge in [0.15, 0.2) is 13.2 Å². The van der Waals surface area contributed by atoms with Crippen molar-refractivity contribution in [1.82, 2.24) is 10.9 Å². The summed E-state index contributed by atoms with van der Waals surface area (Å²) in [5, 5.41) is 0.574. The third kappa shape index (κ3) is 7.44. The zero-order chi connectivity index (χ0) is 19.6. The molecule has 8 nitrogen and oxygen atoms in total. The van der Waals surface area contributed by atoms with Crippen LogP contribution >= 0.6 is 11.6 Å². The molecule has 3 N–H and O–H groups in total. The van der Waals surface area contributed by atoms with Crippen molar-refractivity contribution in [2.24, 2.45) is 5.92 Å². The van der Waals surface area contributed by atoms with Crippen LogP contribution in [0.5, 0.6) is 5.75 Å². The average Bonchev–Trinajstić information content (AvgIpc) is 2.66. The summed E-state index contributed by atoms with van der Waals surface area (Å²) in [6.45, 7) is 3.43. The van der Waals surface area contributed by atoms with Gasteiger partial charge in [0.05, 0.1) is 19.7 Å². The molecule has 0 radical (unpaired) electrons. The van der Waals surface area contributed by atoms with Crippen LogP contribution in [0.25, 0.3) is 0 Å². The van der Waals surface area contributed by atoms with Gasteiger partial charge in [0.1, 0.15) is 11.7 Å². The molecule has 2 atom stereocenters. The Kier molecular flexibility index (Phi) is 8.35. The Morgan fingerprint density at radius 1 is 1.19 bits per heavy atom. The molecule has 0 aliphatic carbocycles. The molecule has 0 spiro atoms. The first-order valence-corrected chi connectivity index (χ1v) is 9.32. The van der Waals surface area contributed by atoms with E-state index in [1.807, 2.05) is 0 Å². The molecule has 1 aliphatic heterocycles. The van der Waals surface area contributed by atoms with E-state index in [-0.39, 0.29) is 30.9 Å². The molecule has 148 valence electrons. The number of carbonyl (C=O) groups excluding carboxylic acids is 3. The maximum Gasteiger partial charge on any atom is 0.314 e. The summed E-state index contributed by atoms with van der Waals surface area (Å²) in [5.41, 5.74) is 4.68. The highest BCUT2D eigenvalue weighted by Crippen LogP contribution is 2.15. The lowest BCUT2D eigenvalue weighted by molar-refractivity contribution is -0.899. The number of carbonyl (C=O) groups is 3. The minimum Gasteiger partial charge on any atom is -0.484 e. The number of piperidine rings is 1. The number of likely N-dealkylation sites (tertiary alicyclic amines) is 1. The van der Waals surface area contributed by atoms with Crippen LogP contribution in [0, 0.1) is 5.92 Å². The molecule has 1 unspecified atom stereocenters. The summed E-state index contributed by atoms with van der Waals surface area (Å²) in [6.07, 6.45) is 1.64. The number of ether oxygens (including phenoxy) is 2. The maximum atomic E-state index is 12.0. The van der Waals surface area contributed by atoms with Crippen LogP contribution in [0.2, 0.25) is 5.02 Å². The van der Waals surface area contributed by atoms with Crippen LogP contribution < -0.4 is 20.5 Å². The fourth-order valence-corrected chi connectivity index (χ4v) is 3.03. The second-order valence-corrected chi connectivity index (χ2v) is 6.75. The van der Waals surface area contributed by atoms with Crippen molar-refractivity contribution in [1.29, 1.82) is 0 Å². The van der Waals surface area contributed by atoms with Gasteiger partial charge in [0, 0.05) is 5.02 Å². The monoisotopic (exact) mass is 398 g/mol. The number of hydrogen-bond acceptors (Lipinski definition) is 5. The lowest BCUT2D eigenvalue weighted by Gasteiger charge is -2.28. The molecule has 9 heteroatoms. The maximum absolute atomic E-state index is 12.0. The normalized spacial score (nSPS) is 19.0. The van der Waals surface area contributed by atoms with Crippen molar-refractivity contribution in [3.8, 4) is 5.75 Å². The van der Waals surface area contributed by atoms with Crippen LogP contribution in [0.4, 0.5) is 0 Å². The zero-order valence-electron chi connectivity index (χ0n) is 15.3. The predicted octanol–water partition coefficient (Wildman–Crippen LogP) is -0.276. The molecule has 1 aromatic carbocycles. The van der Waals surface area contributed by atoms with E-state index < -0.39 is 5.91 Å². The molecule has 1 saturated heterocycles. The molecule has 2 amide bonds. The van der Waals surface area contributed by atoms with E-state index in [0.29, 0.717) is 23.9 Å². The van der Waals surface area contributed by atoms with Gasteiger partial charge in [-0.2, -0.15) is 0 Å². The predicted molar refractivity (Wildman–Crippen MR) is 98.2 cm³/mol. The number of amides is 2. The number of nitrogens with one attached hydrogen (secondary N) is 3. The summed E-state index contributed by atoms with van der Waals surface area (Å²) in [7, 11) is 0. The van der Waals surface area contributed by atoms with Gasteiger partial charge in [-0.05, 0) is 44.0 Å². The van der Waals surface area contributed by atoms with E-state index in [1.165, 1.54) is 0 Å². The Balaban J connectivity index is 1.66. The first-order valence-electron chi connectivity index (χ1n) is 8.94. The Labute approximate surface area is 163 Å². The van der Waals surface area contributed by atoms with E-state index in [1.54, 1.807) is 31.2 Å². The molecule has 0 bridgehead atoms. The number of halogens is 1. The van der Waals surface area contributed by atoms with Crippen molar-refractivity contribution in [2.45, 2.75) is 19.8 Å². The molecule has 0 saturated carbocycles. The van der Waals surface area contributed by atoms with Gasteiger partial charge < -0.3 is 14.4 Å². The molecule has 1 heterocycles. The van der Waals surface area contributed by atoms with Gasteiger partial charge in [0.2, 0.25) is 0 Å². The lowest BCUT2D eigenvalue weighted by Crippen LogP contribution is -3.15. The molecule has 27 heavy (non-hydrogen) atoms. The van der Waals surface area contributed by atoms with Crippen LogP contribution in [0.15, 0.2) is 24.3 Å². The average molecular weight is 399 g/mol. The summed E-state index contributed by atoms with van der Waals surface area (Å²) in [4.78, 5) is 36.6. The molecule has 0 aromatic heterocycles. The summed E-state index contributed by atoms with van der Waals surface area (Å²) >= 11 is 5.77. The van der Waals surface area contributed by atoms with Crippen molar-refractivity contribution in [3.63, 3.8) is 0 Å². The Bertz CT molecular complexity index is 653. The number of hydrogen-bond donors (Lipinski definition) is 3. The second-order valence-electron chi connectivity index (χ2n) is 6.31. The third-order valence-electron chi connectivity index (χ3n) is 4.17. The van der Waals surface area contributed by atoms with Gasteiger partial charge in [-0.3, -0.25) is 25.2 Å². The molecule has 1 aromatic rings. The van der Waals surface area contributed by atoms with Crippen molar-refractivity contribution in [3.05, 3.63) is 29.3 Å². The number of rotatable bonds is 7. The minimum absolute atomic E-state index is 0.175. The van der Waals surface area contributed by atoms with Gasteiger partial charge in [-0.1, -0.05) is 11.6 Å². The fourth-order valence-electron chi connectivity index (χ4n) is 2.90. The summed E-state index contributed by atoms with van der Waals surface area (Å²) < 4.78 is 10.3. The lowest BCUT2D eigenvalue weighted by atomic mass is 9.98. The van der Waals surface area contributed by atoms with Gasteiger partial charge in [0.25, 0.3) is 11.8 Å². The Morgan fingerprint density at radius 2 is 1.89 bits per heavy atom. The smallest absolute Gasteiger partial charge is 0.314 e. The number of esters is 1. The van der Waals surface area contributed by atoms with Crippen molar-refractivity contribution in [2.75, 3.05) is 32.8 Å². The van der Waals surface area contributed by atoms with E-state index in [9.17, 15) is 14.4 Å². The topological polar surface area (TPSA) is 98.2 Å². The third-order valence-corrected chi connectivity index (χ3v) is 4.43.